The van der Waals surface area contributed by atoms with E-state index in [1.807, 2.05) is 0 Å². The van der Waals surface area contributed by atoms with Crippen molar-refractivity contribution in [2.75, 3.05) is 13.1 Å². The van der Waals surface area contributed by atoms with Crippen molar-refractivity contribution < 1.29 is 14.4 Å². The second-order valence-electron chi connectivity index (χ2n) is 3.01. The summed E-state index contributed by atoms with van der Waals surface area (Å²) < 4.78 is 0. The molecule has 0 aromatic carbocycles. The average Bonchev–Trinajstić information content (AvgIpc) is 2.09. The molecule has 1 rings (SSSR count). The van der Waals surface area contributed by atoms with Crippen LogP contribution < -0.4 is 5.32 Å². The van der Waals surface area contributed by atoms with Gasteiger partial charge in [-0.2, -0.15) is 0 Å². The fraction of sp³-hybridized carbons (Fsp3) is 0.625. The minimum absolute atomic E-state index is 0.195. The van der Waals surface area contributed by atoms with Gasteiger partial charge < -0.3 is 4.79 Å². The molecule has 0 aromatic rings. The van der Waals surface area contributed by atoms with Crippen LogP contribution in [0.2, 0.25) is 0 Å². The molecule has 1 heterocycles. The summed E-state index contributed by atoms with van der Waals surface area (Å²) >= 11 is 0. The highest BCUT2D eigenvalue weighted by molar-refractivity contribution is 6.00. The van der Waals surface area contributed by atoms with E-state index in [9.17, 15) is 14.4 Å². The molecular weight excluding hydrogens is 172 g/mol. The molecular formula is C8H12N2O3. The molecule has 5 nitrogen and oxygen atoms in total. The van der Waals surface area contributed by atoms with Gasteiger partial charge in [0, 0.05) is 13.0 Å². The Hall–Kier alpha value is -1.23. The van der Waals surface area contributed by atoms with Gasteiger partial charge in [-0.3, -0.25) is 19.8 Å². The van der Waals surface area contributed by atoms with Crippen LogP contribution in [0.4, 0.5) is 0 Å². The van der Waals surface area contributed by atoms with Crippen molar-refractivity contribution in [3.8, 4) is 0 Å². The highest BCUT2D eigenvalue weighted by Gasteiger charge is 2.29. The topological polar surface area (TPSA) is 66.5 Å². The number of piperazine rings is 1. The van der Waals surface area contributed by atoms with Crippen molar-refractivity contribution in [2.45, 2.75) is 19.4 Å². The maximum atomic E-state index is 11.1. The van der Waals surface area contributed by atoms with Gasteiger partial charge in [0.15, 0.2) is 0 Å². The summed E-state index contributed by atoms with van der Waals surface area (Å²) in [6, 6.07) is -0.322. The van der Waals surface area contributed by atoms with E-state index < -0.39 is 0 Å². The van der Waals surface area contributed by atoms with Crippen LogP contribution in [0.3, 0.4) is 0 Å². The number of hydrogen-bond acceptors (Lipinski definition) is 4. The Morgan fingerprint density at radius 2 is 2.31 bits per heavy atom. The van der Waals surface area contributed by atoms with Gasteiger partial charge in [0.25, 0.3) is 0 Å². The molecule has 5 heteroatoms. The van der Waals surface area contributed by atoms with Crippen molar-refractivity contribution in [3.63, 3.8) is 0 Å². The van der Waals surface area contributed by atoms with Crippen LogP contribution in [0, 0.1) is 0 Å². The van der Waals surface area contributed by atoms with Crippen molar-refractivity contribution in [2.24, 2.45) is 0 Å². The van der Waals surface area contributed by atoms with E-state index in [-0.39, 0.29) is 24.4 Å². The predicted octanol–water partition coefficient (Wildman–Crippen LogP) is -1.08. The van der Waals surface area contributed by atoms with Gasteiger partial charge in [-0.25, -0.2) is 0 Å². The molecule has 13 heavy (non-hydrogen) atoms. The zero-order valence-corrected chi connectivity index (χ0v) is 7.45. The largest absolute Gasteiger partial charge is 0.303 e. The Balaban J connectivity index is 2.55. The molecule has 0 spiro atoms. The average molecular weight is 184 g/mol. The second-order valence-corrected chi connectivity index (χ2v) is 3.01. The van der Waals surface area contributed by atoms with Gasteiger partial charge in [-0.1, -0.05) is 0 Å². The van der Waals surface area contributed by atoms with Crippen LogP contribution in [-0.2, 0) is 14.4 Å². The second kappa shape index (κ2) is 4.13. The first kappa shape index (κ1) is 9.85. The number of nitrogens with one attached hydrogen (secondary N) is 1. The molecule has 0 aromatic heterocycles. The molecule has 0 saturated carbocycles. The first-order valence-corrected chi connectivity index (χ1v) is 4.16. The van der Waals surface area contributed by atoms with Crippen molar-refractivity contribution in [1.82, 2.24) is 10.2 Å². The monoisotopic (exact) mass is 184 g/mol. The summed E-state index contributed by atoms with van der Waals surface area (Å²) in [7, 11) is 0. The summed E-state index contributed by atoms with van der Waals surface area (Å²) in [5, 5.41) is 2.23. The number of carbonyl (C=O) groups is 3. The molecule has 2 amide bonds. The lowest BCUT2D eigenvalue weighted by molar-refractivity contribution is -0.139. The van der Waals surface area contributed by atoms with E-state index in [0.717, 1.165) is 6.29 Å². The molecule has 72 valence electrons. The molecule has 1 unspecified atom stereocenters. The molecule has 1 aliphatic heterocycles. The summed E-state index contributed by atoms with van der Waals surface area (Å²) in [4.78, 5) is 33.8. The third-order valence-electron chi connectivity index (χ3n) is 2.07. The van der Waals surface area contributed by atoms with E-state index in [2.05, 4.69) is 5.32 Å². The highest BCUT2D eigenvalue weighted by Crippen LogP contribution is 2.04. The summed E-state index contributed by atoms with van der Waals surface area (Å²) in [5.74, 6) is -0.587. The van der Waals surface area contributed by atoms with Gasteiger partial charge >= 0.3 is 0 Å². The minimum atomic E-state index is -0.322. The van der Waals surface area contributed by atoms with E-state index in [4.69, 9.17) is 0 Å². The van der Waals surface area contributed by atoms with Gasteiger partial charge in [0.1, 0.15) is 6.29 Å². The Kier molecular flexibility index (Phi) is 3.13. The fourth-order valence-electron chi connectivity index (χ4n) is 1.26. The lowest BCUT2D eigenvalue weighted by Gasteiger charge is -2.30. The molecule has 0 bridgehead atoms. The first-order chi connectivity index (χ1) is 6.15. The Morgan fingerprint density at radius 1 is 1.62 bits per heavy atom. The third kappa shape index (κ3) is 2.35. The van der Waals surface area contributed by atoms with Crippen LogP contribution in [-0.4, -0.2) is 42.1 Å². The van der Waals surface area contributed by atoms with Gasteiger partial charge in [0.2, 0.25) is 11.8 Å². The van der Waals surface area contributed by atoms with Crippen LogP contribution in [0.25, 0.3) is 0 Å². The number of hydrogen-bond donors (Lipinski definition) is 1. The number of aldehydes is 1. The molecule has 1 N–H and O–H groups in total. The zero-order valence-electron chi connectivity index (χ0n) is 7.45. The highest BCUT2D eigenvalue weighted by atomic mass is 16.2. The van der Waals surface area contributed by atoms with Crippen molar-refractivity contribution in [3.05, 3.63) is 0 Å². The van der Waals surface area contributed by atoms with Crippen LogP contribution in [0.15, 0.2) is 0 Å². The lowest BCUT2D eigenvalue weighted by Crippen LogP contribution is -2.56. The molecule has 0 radical (unpaired) electrons. The first-order valence-electron chi connectivity index (χ1n) is 4.16. The summed E-state index contributed by atoms with van der Waals surface area (Å²) in [6.07, 6.45) is 1.13. The maximum Gasteiger partial charge on any atom is 0.243 e. The van der Waals surface area contributed by atoms with Gasteiger partial charge in [-0.15, -0.1) is 0 Å². The SMILES string of the molecule is CC1C(=O)NC(=O)CN1CCC=O. The van der Waals surface area contributed by atoms with E-state index in [1.54, 1.807) is 11.8 Å². The van der Waals surface area contributed by atoms with Gasteiger partial charge in [0.05, 0.1) is 12.6 Å². The van der Waals surface area contributed by atoms with E-state index in [1.165, 1.54) is 0 Å². The number of amides is 2. The number of imide groups is 1. The molecule has 1 aliphatic rings. The third-order valence-corrected chi connectivity index (χ3v) is 2.07. The lowest BCUT2D eigenvalue weighted by atomic mass is 10.2. The number of nitrogens with zero attached hydrogens (tertiary/aromatic N) is 1. The molecule has 0 aliphatic carbocycles. The van der Waals surface area contributed by atoms with Crippen molar-refractivity contribution >= 4 is 18.1 Å². The Labute approximate surface area is 76.1 Å². The number of rotatable bonds is 3. The number of carbonyl (C=O) groups excluding carboxylic acids is 3. The quantitative estimate of drug-likeness (QED) is 0.447. The minimum Gasteiger partial charge on any atom is -0.303 e. The Morgan fingerprint density at radius 3 is 2.92 bits per heavy atom. The smallest absolute Gasteiger partial charge is 0.243 e. The van der Waals surface area contributed by atoms with E-state index >= 15 is 0 Å². The van der Waals surface area contributed by atoms with Crippen LogP contribution in [0.1, 0.15) is 13.3 Å². The standard InChI is InChI=1S/C8H12N2O3/c1-6-8(13)9-7(12)5-10(6)3-2-4-11/h4,6H,2-3,5H2,1H3,(H,9,12,13). The van der Waals surface area contributed by atoms with Gasteiger partial charge in [-0.05, 0) is 6.92 Å². The normalized spacial score (nSPS) is 24.2. The fourth-order valence-corrected chi connectivity index (χ4v) is 1.26. The molecule has 1 atom stereocenters. The molecule has 1 saturated heterocycles. The molecule has 1 fully saturated rings. The van der Waals surface area contributed by atoms with Crippen LogP contribution in [0.5, 0.6) is 0 Å². The summed E-state index contributed by atoms with van der Waals surface area (Å²) in [5.41, 5.74) is 0. The maximum absolute atomic E-state index is 11.1. The van der Waals surface area contributed by atoms with E-state index in [0.29, 0.717) is 13.0 Å². The predicted molar refractivity (Wildman–Crippen MR) is 44.9 cm³/mol. The van der Waals surface area contributed by atoms with Crippen LogP contribution >= 0.6 is 0 Å². The summed E-state index contributed by atoms with van der Waals surface area (Å²) in [6.45, 7) is 2.37. The van der Waals surface area contributed by atoms with Crippen molar-refractivity contribution in [1.29, 1.82) is 0 Å². The Bertz CT molecular complexity index is 240. The zero-order chi connectivity index (χ0) is 9.84.